The molecule has 0 saturated carbocycles. The highest BCUT2D eigenvalue weighted by Crippen LogP contribution is 2.23. The zero-order chi connectivity index (χ0) is 19.1. The summed E-state index contributed by atoms with van der Waals surface area (Å²) in [5, 5.41) is 13.7. The number of amides is 1. The molecule has 1 aromatic carbocycles. The fraction of sp³-hybridized carbons (Fsp3) is 0.316. The Morgan fingerprint density at radius 3 is 2.77 bits per heavy atom. The molecule has 2 aromatic rings. The van der Waals surface area contributed by atoms with Gasteiger partial charge in [-0.15, -0.1) is 23.1 Å². The molecule has 0 saturated heterocycles. The molecule has 1 heterocycles. The Labute approximate surface area is 161 Å². The summed E-state index contributed by atoms with van der Waals surface area (Å²) in [6, 6.07) is 9.80. The zero-order valence-corrected chi connectivity index (χ0v) is 16.5. The molecule has 0 aliphatic rings. The highest BCUT2D eigenvalue weighted by atomic mass is 32.2. The molecule has 0 aliphatic heterocycles. The standard InChI is InChI=1S/C19H20N2O3S2/c1-12-4-5-16(10-13(12)2)25-9-7-17(22)24-14(3)18(23)21-19-15(11-20)6-8-26-19/h4-6,8,10,14H,7,9H2,1-3H3,(H,21,23)/t14-/m0/s1. The van der Waals surface area contributed by atoms with Crippen molar-refractivity contribution in [3.8, 4) is 6.07 Å². The quantitative estimate of drug-likeness (QED) is 0.565. The van der Waals surface area contributed by atoms with Crippen molar-refractivity contribution >= 4 is 40.0 Å². The molecule has 2 rings (SSSR count). The number of ether oxygens (including phenoxy) is 1. The third-order valence-electron chi connectivity index (χ3n) is 3.75. The van der Waals surface area contributed by atoms with Crippen LogP contribution >= 0.6 is 23.1 Å². The van der Waals surface area contributed by atoms with E-state index in [0.717, 1.165) is 4.90 Å². The van der Waals surface area contributed by atoms with Gasteiger partial charge in [-0.05, 0) is 55.5 Å². The first-order chi connectivity index (χ1) is 12.4. The largest absolute Gasteiger partial charge is 0.453 e. The molecule has 26 heavy (non-hydrogen) atoms. The van der Waals surface area contributed by atoms with Gasteiger partial charge in [0.15, 0.2) is 6.10 Å². The van der Waals surface area contributed by atoms with E-state index in [1.165, 1.54) is 29.4 Å². The lowest BCUT2D eigenvalue weighted by Crippen LogP contribution is -2.30. The molecule has 7 heteroatoms. The fourth-order valence-electron chi connectivity index (χ4n) is 2.07. The van der Waals surface area contributed by atoms with Gasteiger partial charge in [-0.1, -0.05) is 6.07 Å². The van der Waals surface area contributed by atoms with E-state index in [1.54, 1.807) is 23.2 Å². The van der Waals surface area contributed by atoms with Crippen molar-refractivity contribution < 1.29 is 14.3 Å². The number of thiophene rings is 1. The Morgan fingerprint density at radius 2 is 2.08 bits per heavy atom. The number of carbonyl (C=O) groups is 2. The van der Waals surface area contributed by atoms with Crippen molar-refractivity contribution in [2.24, 2.45) is 0 Å². The minimum absolute atomic E-state index is 0.220. The Hall–Kier alpha value is -2.30. The van der Waals surface area contributed by atoms with Gasteiger partial charge in [-0.3, -0.25) is 9.59 Å². The number of nitrogens with one attached hydrogen (secondary N) is 1. The fourth-order valence-corrected chi connectivity index (χ4v) is 3.74. The molecule has 1 atom stereocenters. The Balaban J connectivity index is 1.76. The van der Waals surface area contributed by atoms with Crippen LogP contribution in [0.15, 0.2) is 34.5 Å². The highest BCUT2D eigenvalue weighted by Gasteiger charge is 2.19. The van der Waals surface area contributed by atoms with Crippen LogP contribution in [-0.2, 0) is 14.3 Å². The number of rotatable bonds is 7. The Kier molecular flexibility index (Phi) is 7.25. The van der Waals surface area contributed by atoms with E-state index >= 15 is 0 Å². The van der Waals surface area contributed by atoms with Crippen LogP contribution in [0.2, 0.25) is 0 Å². The third-order valence-corrected chi connectivity index (χ3v) is 5.58. The lowest BCUT2D eigenvalue weighted by atomic mass is 10.1. The summed E-state index contributed by atoms with van der Waals surface area (Å²) in [5.41, 5.74) is 2.85. The summed E-state index contributed by atoms with van der Waals surface area (Å²) in [5.74, 6) is -0.283. The number of aryl methyl sites for hydroxylation is 2. The van der Waals surface area contributed by atoms with Crippen LogP contribution in [0, 0.1) is 25.2 Å². The molecule has 1 N–H and O–H groups in total. The number of benzene rings is 1. The maximum absolute atomic E-state index is 12.1. The summed E-state index contributed by atoms with van der Waals surface area (Å²) in [6.07, 6.45) is -0.694. The Morgan fingerprint density at radius 1 is 1.31 bits per heavy atom. The summed E-state index contributed by atoms with van der Waals surface area (Å²) in [7, 11) is 0. The van der Waals surface area contributed by atoms with E-state index in [4.69, 9.17) is 10.00 Å². The average molecular weight is 389 g/mol. The lowest BCUT2D eigenvalue weighted by molar-refractivity contribution is -0.152. The first-order valence-electron chi connectivity index (χ1n) is 8.08. The van der Waals surface area contributed by atoms with Crippen LogP contribution in [0.5, 0.6) is 0 Å². The van der Waals surface area contributed by atoms with E-state index in [1.807, 2.05) is 12.1 Å². The number of anilines is 1. The van der Waals surface area contributed by atoms with Crippen molar-refractivity contribution in [2.45, 2.75) is 38.2 Å². The Bertz CT molecular complexity index is 840. The van der Waals surface area contributed by atoms with Crippen molar-refractivity contribution in [3.63, 3.8) is 0 Å². The first kappa shape index (κ1) is 20.0. The van der Waals surface area contributed by atoms with Crippen molar-refractivity contribution in [2.75, 3.05) is 11.1 Å². The topological polar surface area (TPSA) is 79.2 Å². The van der Waals surface area contributed by atoms with E-state index in [0.29, 0.717) is 16.3 Å². The van der Waals surface area contributed by atoms with Crippen LogP contribution in [-0.4, -0.2) is 23.7 Å². The second-order valence-corrected chi connectivity index (χ2v) is 7.83. The van der Waals surface area contributed by atoms with Gasteiger partial charge in [0, 0.05) is 10.6 Å². The highest BCUT2D eigenvalue weighted by molar-refractivity contribution is 7.99. The minimum Gasteiger partial charge on any atom is -0.453 e. The maximum atomic E-state index is 12.1. The van der Waals surface area contributed by atoms with Crippen LogP contribution in [0.25, 0.3) is 0 Å². The predicted molar refractivity (Wildman–Crippen MR) is 104 cm³/mol. The maximum Gasteiger partial charge on any atom is 0.307 e. The van der Waals surface area contributed by atoms with Gasteiger partial charge >= 0.3 is 5.97 Å². The van der Waals surface area contributed by atoms with E-state index in [2.05, 4.69) is 31.3 Å². The van der Waals surface area contributed by atoms with E-state index in [-0.39, 0.29) is 6.42 Å². The number of hydrogen-bond acceptors (Lipinski definition) is 6. The van der Waals surface area contributed by atoms with Crippen molar-refractivity contribution in [3.05, 3.63) is 46.3 Å². The van der Waals surface area contributed by atoms with Gasteiger partial charge < -0.3 is 10.1 Å². The summed E-state index contributed by atoms with van der Waals surface area (Å²) in [4.78, 5) is 25.1. The van der Waals surface area contributed by atoms with E-state index < -0.39 is 18.0 Å². The smallest absolute Gasteiger partial charge is 0.307 e. The summed E-state index contributed by atoms with van der Waals surface area (Å²) >= 11 is 2.83. The molecule has 136 valence electrons. The molecule has 1 amide bonds. The number of nitriles is 1. The molecule has 5 nitrogen and oxygen atoms in total. The molecule has 1 aromatic heterocycles. The van der Waals surface area contributed by atoms with Crippen LogP contribution in [0.4, 0.5) is 5.00 Å². The van der Waals surface area contributed by atoms with Gasteiger partial charge in [0.2, 0.25) is 0 Å². The van der Waals surface area contributed by atoms with Gasteiger partial charge in [0.1, 0.15) is 11.1 Å². The third kappa shape index (κ3) is 5.61. The molecule has 0 aliphatic carbocycles. The zero-order valence-electron chi connectivity index (χ0n) is 14.9. The summed E-state index contributed by atoms with van der Waals surface area (Å²) < 4.78 is 5.17. The number of nitrogens with zero attached hydrogens (tertiary/aromatic N) is 1. The first-order valence-corrected chi connectivity index (χ1v) is 9.95. The van der Waals surface area contributed by atoms with Gasteiger partial charge in [0.25, 0.3) is 5.91 Å². The normalized spacial score (nSPS) is 11.5. The molecule has 0 unspecified atom stereocenters. The summed E-state index contributed by atoms with van der Waals surface area (Å²) in [6.45, 7) is 5.63. The van der Waals surface area contributed by atoms with Crippen LogP contribution < -0.4 is 5.32 Å². The monoisotopic (exact) mass is 388 g/mol. The molecule has 0 bridgehead atoms. The number of esters is 1. The van der Waals surface area contributed by atoms with Crippen LogP contribution in [0.3, 0.4) is 0 Å². The lowest BCUT2D eigenvalue weighted by Gasteiger charge is -2.13. The second-order valence-electron chi connectivity index (χ2n) is 5.74. The van der Waals surface area contributed by atoms with Gasteiger partial charge in [-0.25, -0.2) is 0 Å². The molecule has 0 fully saturated rings. The number of carbonyl (C=O) groups excluding carboxylic acids is 2. The average Bonchev–Trinajstić information content (AvgIpc) is 3.05. The van der Waals surface area contributed by atoms with Crippen molar-refractivity contribution in [1.82, 2.24) is 0 Å². The predicted octanol–water partition coefficient (Wildman–Crippen LogP) is 4.29. The molecular formula is C19H20N2O3S2. The molecule has 0 spiro atoms. The number of hydrogen-bond donors (Lipinski definition) is 1. The van der Waals surface area contributed by atoms with E-state index in [9.17, 15) is 9.59 Å². The van der Waals surface area contributed by atoms with Crippen molar-refractivity contribution in [1.29, 1.82) is 5.26 Å². The van der Waals surface area contributed by atoms with Gasteiger partial charge in [-0.2, -0.15) is 5.26 Å². The number of thioether (sulfide) groups is 1. The molecular weight excluding hydrogens is 368 g/mol. The van der Waals surface area contributed by atoms with Crippen LogP contribution in [0.1, 0.15) is 30.0 Å². The SMILES string of the molecule is Cc1ccc(SCCC(=O)O[C@@H](C)C(=O)Nc2sccc2C#N)cc1C. The second kappa shape index (κ2) is 9.41. The van der Waals surface area contributed by atoms with Gasteiger partial charge in [0.05, 0.1) is 12.0 Å². The molecule has 0 radical (unpaired) electrons. The minimum atomic E-state index is -0.914.